The number of allylic oxidation sites excluding steroid dienone is 2. The zero-order valence-corrected chi connectivity index (χ0v) is 23.2. The summed E-state index contributed by atoms with van der Waals surface area (Å²) >= 11 is 0. The van der Waals surface area contributed by atoms with Crippen LogP contribution in [0, 0.1) is 0 Å². The van der Waals surface area contributed by atoms with Crippen LogP contribution in [0.15, 0.2) is 12.2 Å². The Morgan fingerprint density at radius 2 is 1.43 bits per heavy atom. The third-order valence-electron chi connectivity index (χ3n) is 5.27. The first-order chi connectivity index (χ1) is 17.6. The van der Waals surface area contributed by atoms with E-state index in [1.165, 1.54) is 19.3 Å². The van der Waals surface area contributed by atoms with Crippen molar-refractivity contribution < 1.29 is 47.8 Å². The van der Waals surface area contributed by atoms with Crippen molar-refractivity contribution in [2.75, 3.05) is 19.8 Å². The van der Waals surface area contributed by atoms with E-state index < -0.39 is 57.6 Å². The molecular formula is C25H46NO10P. The van der Waals surface area contributed by atoms with Crippen LogP contribution < -0.4 is 5.32 Å². The average Bonchev–Trinajstić information content (AvgIpc) is 2.84. The number of carboxylic acid groups (broad SMARTS) is 1. The molecule has 0 rings (SSSR count). The molecule has 37 heavy (non-hydrogen) atoms. The van der Waals surface area contributed by atoms with E-state index >= 15 is 0 Å². The van der Waals surface area contributed by atoms with Crippen molar-refractivity contribution in [2.45, 2.75) is 109 Å². The number of phosphoric ester groups is 1. The summed E-state index contributed by atoms with van der Waals surface area (Å²) in [5.74, 6) is -2.46. The SMILES string of the molecule is CCCCC/C=C\CCCCCCCC(=O)OCC(O)COP(=O)(O)OCC(NC(=O)CCC)C(=O)O. The minimum Gasteiger partial charge on any atom is -0.480 e. The lowest BCUT2D eigenvalue weighted by atomic mass is 10.1. The molecule has 0 saturated heterocycles. The van der Waals surface area contributed by atoms with Gasteiger partial charge in [0.2, 0.25) is 5.91 Å². The molecule has 1 amide bonds. The Morgan fingerprint density at radius 1 is 0.838 bits per heavy atom. The monoisotopic (exact) mass is 551 g/mol. The number of carbonyl (C=O) groups excluding carboxylic acids is 2. The summed E-state index contributed by atoms with van der Waals surface area (Å²) in [6, 6.07) is -1.54. The fraction of sp³-hybridized carbons (Fsp3) is 0.800. The standard InChI is InChI=1S/C25H46NO10P/c1-3-5-6-7-8-9-10-11-12-13-14-15-17-24(29)34-18-21(27)19-35-37(32,33)36-20-22(25(30)31)26-23(28)16-4-2/h8-9,21-22,27H,3-7,10-20H2,1-2H3,(H,26,28)(H,30,31)(H,32,33)/b9-8-. The molecule has 0 saturated carbocycles. The second kappa shape index (κ2) is 22.2. The Kier molecular flexibility index (Phi) is 21.2. The van der Waals surface area contributed by atoms with Crippen LogP contribution in [-0.2, 0) is 32.7 Å². The topological polar surface area (TPSA) is 169 Å². The summed E-state index contributed by atoms with van der Waals surface area (Å²) in [5.41, 5.74) is 0. The molecule has 0 aromatic carbocycles. The molecule has 0 fully saturated rings. The largest absolute Gasteiger partial charge is 0.480 e. The van der Waals surface area contributed by atoms with Crippen LogP contribution in [0.5, 0.6) is 0 Å². The lowest BCUT2D eigenvalue weighted by molar-refractivity contribution is -0.147. The number of phosphoric acid groups is 1. The Morgan fingerprint density at radius 3 is 2.05 bits per heavy atom. The molecule has 0 aliphatic carbocycles. The van der Waals surface area contributed by atoms with Gasteiger partial charge in [-0.15, -0.1) is 0 Å². The number of aliphatic carboxylic acids is 1. The maximum Gasteiger partial charge on any atom is 0.472 e. The Hall–Kier alpha value is -1.78. The second-order valence-corrected chi connectivity index (χ2v) is 10.3. The Labute approximate surface area is 220 Å². The first kappa shape index (κ1) is 35.2. The summed E-state index contributed by atoms with van der Waals surface area (Å²) in [5, 5.41) is 21.1. The number of carbonyl (C=O) groups is 3. The quantitative estimate of drug-likeness (QED) is 0.0588. The Balaban J connectivity index is 3.94. The van der Waals surface area contributed by atoms with E-state index in [4.69, 9.17) is 9.84 Å². The number of amides is 1. The number of rotatable bonds is 24. The minimum atomic E-state index is -4.71. The highest BCUT2D eigenvalue weighted by molar-refractivity contribution is 7.47. The van der Waals surface area contributed by atoms with Gasteiger partial charge in [0.05, 0.1) is 13.2 Å². The van der Waals surface area contributed by atoms with Crippen molar-refractivity contribution in [1.82, 2.24) is 5.32 Å². The van der Waals surface area contributed by atoms with E-state index in [1.54, 1.807) is 6.92 Å². The van der Waals surface area contributed by atoms with Crippen molar-refractivity contribution in [3.63, 3.8) is 0 Å². The number of hydrogen-bond donors (Lipinski definition) is 4. The first-order valence-corrected chi connectivity index (χ1v) is 14.7. The molecule has 0 radical (unpaired) electrons. The van der Waals surface area contributed by atoms with Gasteiger partial charge in [-0.3, -0.25) is 18.6 Å². The van der Waals surface area contributed by atoms with Gasteiger partial charge in [-0.1, -0.05) is 58.1 Å². The molecule has 0 aliphatic heterocycles. The third kappa shape index (κ3) is 22.0. The van der Waals surface area contributed by atoms with Gasteiger partial charge < -0.3 is 25.2 Å². The van der Waals surface area contributed by atoms with E-state index in [0.29, 0.717) is 12.8 Å². The molecule has 0 aliphatic rings. The number of carboxylic acids is 1. The van der Waals surface area contributed by atoms with E-state index in [0.717, 1.165) is 38.5 Å². The number of aliphatic hydroxyl groups excluding tert-OH is 1. The van der Waals surface area contributed by atoms with E-state index in [1.807, 2.05) is 0 Å². The van der Waals surface area contributed by atoms with Gasteiger partial charge in [-0.2, -0.15) is 0 Å². The molecule has 3 atom stereocenters. The van der Waals surface area contributed by atoms with Gasteiger partial charge in [0.1, 0.15) is 12.7 Å². The average molecular weight is 552 g/mol. The zero-order chi connectivity index (χ0) is 27.9. The van der Waals surface area contributed by atoms with Crippen LogP contribution >= 0.6 is 7.82 Å². The van der Waals surface area contributed by atoms with Crippen molar-refractivity contribution in [3.8, 4) is 0 Å². The molecular weight excluding hydrogens is 505 g/mol. The van der Waals surface area contributed by atoms with E-state index in [9.17, 15) is 28.9 Å². The van der Waals surface area contributed by atoms with E-state index in [2.05, 4.69) is 33.4 Å². The molecule has 0 bridgehead atoms. The molecule has 3 unspecified atom stereocenters. The minimum absolute atomic E-state index is 0.0963. The summed E-state index contributed by atoms with van der Waals surface area (Å²) in [4.78, 5) is 44.2. The zero-order valence-electron chi connectivity index (χ0n) is 22.3. The van der Waals surface area contributed by atoms with Crippen LogP contribution in [0.25, 0.3) is 0 Å². The predicted octanol–water partition coefficient (Wildman–Crippen LogP) is 4.26. The highest BCUT2D eigenvalue weighted by Crippen LogP contribution is 2.43. The van der Waals surface area contributed by atoms with Crippen molar-refractivity contribution in [1.29, 1.82) is 0 Å². The molecule has 11 nitrogen and oxygen atoms in total. The fourth-order valence-corrected chi connectivity index (χ4v) is 3.95. The van der Waals surface area contributed by atoms with Gasteiger partial charge in [-0.05, 0) is 38.5 Å². The van der Waals surface area contributed by atoms with Gasteiger partial charge in [0.15, 0.2) is 6.04 Å². The van der Waals surface area contributed by atoms with Gasteiger partial charge in [0, 0.05) is 12.8 Å². The Bertz CT molecular complexity index is 716. The number of hydrogen-bond acceptors (Lipinski definition) is 8. The van der Waals surface area contributed by atoms with Crippen LogP contribution in [-0.4, -0.2) is 64.9 Å². The highest BCUT2D eigenvalue weighted by Gasteiger charge is 2.28. The maximum absolute atomic E-state index is 11.9. The summed E-state index contributed by atoms with van der Waals surface area (Å²) in [6.07, 6.45) is 14.8. The van der Waals surface area contributed by atoms with Crippen LogP contribution in [0.4, 0.5) is 0 Å². The summed E-state index contributed by atoms with van der Waals surface area (Å²) in [6.45, 7) is 2.03. The fourth-order valence-electron chi connectivity index (χ4n) is 3.17. The third-order valence-corrected chi connectivity index (χ3v) is 6.22. The van der Waals surface area contributed by atoms with Crippen molar-refractivity contribution in [3.05, 3.63) is 12.2 Å². The number of aliphatic hydroxyl groups is 1. The van der Waals surface area contributed by atoms with Crippen LogP contribution in [0.3, 0.4) is 0 Å². The highest BCUT2D eigenvalue weighted by atomic mass is 31.2. The van der Waals surface area contributed by atoms with Crippen molar-refractivity contribution >= 4 is 25.7 Å². The molecule has 0 heterocycles. The molecule has 12 heteroatoms. The lowest BCUT2D eigenvalue weighted by Gasteiger charge is -2.18. The van der Waals surface area contributed by atoms with E-state index in [-0.39, 0.29) is 12.8 Å². The van der Waals surface area contributed by atoms with Gasteiger partial charge in [0.25, 0.3) is 0 Å². The van der Waals surface area contributed by atoms with Crippen molar-refractivity contribution in [2.24, 2.45) is 0 Å². The maximum atomic E-state index is 11.9. The number of unbranched alkanes of at least 4 members (excludes halogenated alkanes) is 8. The molecule has 0 aromatic heterocycles. The summed E-state index contributed by atoms with van der Waals surface area (Å²) in [7, 11) is -4.71. The smallest absolute Gasteiger partial charge is 0.472 e. The summed E-state index contributed by atoms with van der Waals surface area (Å²) < 4.78 is 26.1. The normalized spacial score (nSPS) is 14.7. The first-order valence-electron chi connectivity index (χ1n) is 13.2. The molecule has 4 N–H and O–H groups in total. The predicted molar refractivity (Wildman–Crippen MR) is 139 cm³/mol. The number of nitrogens with one attached hydrogen (secondary N) is 1. The van der Waals surface area contributed by atoms with Gasteiger partial charge >= 0.3 is 19.8 Å². The van der Waals surface area contributed by atoms with Crippen LogP contribution in [0.1, 0.15) is 97.3 Å². The molecule has 0 spiro atoms. The van der Waals surface area contributed by atoms with Crippen LogP contribution in [0.2, 0.25) is 0 Å². The second-order valence-electron chi connectivity index (χ2n) is 8.88. The molecule has 216 valence electrons. The lowest BCUT2D eigenvalue weighted by Crippen LogP contribution is -2.43. The van der Waals surface area contributed by atoms with Gasteiger partial charge in [-0.25, -0.2) is 9.36 Å². The molecule has 0 aromatic rings. The number of esters is 1. The number of ether oxygens (including phenoxy) is 1.